The first-order valence-electron chi connectivity index (χ1n) is 8.92. The van der Waals surface area contributed by atoms with E-state index in [0.29, 0.717) is 42.3 Å². The molecule has 0 bridgehead atoms. The highest BCUT2D eigenvalue weighted by Crippen LogP contribution is 2.38. The van der Waals surface area contributed by atoms with Gasteiger partial charge in [0, 0.05) is 31.1 Å². The maximum absolute atomic E-state index is 12.9. The van der Waals surface area contributed by atoms with Crippen molar-refractivity contribution in [3.63, 3.8) is 0 Å². The minimum absolute atomic E-state index is 0.0809. The number of rotatable bonds is 7. The number of amides is 2. The van der Waals surface area contributed by atoms with Crippen LogP contribution in [0.4, 0.5) is 0 Å². The Morgan fingerprint density at radius 2 is 1.65 bits per heavy atom. The zero-order valence-electron chi connectivity index (χ0n) is 16.0. The number of ether oxygens (including phenoxy) is 3. The van der Waals surface area contributed by atoms with E-state index in [9.17, 15) is 9.59 Å². The van der Waals surface area contributed by atoms with E-state index in [1.807, 2.05) is 6.92 Å². The minimum atomic E-state index is -0.0809. The van der Waals surface area contributed by atoms with Gasteiger partial charge in [0.2, 0.25) is 11.7 Å². The van der Waals surface area contributed by atoms with Crippen LogP contribution in [0.2, 0.25) is 0 Å². The number of hydrogen-bond acceptors (Lipinski definition) is 5. The standard InChI is InChI=1S/C19H28N2O5/c1-5-6-17(22)20-14-7-9-21(10-8-14)19(23)13-11-15(24-2)18(26-4)16(12-13)25-3/h11-12,14H,5-10H2,1-4H3,(H,20,22). The van der Waals surface area contributed by atoms with Crippen LogP contribution in [0.15, 0.2) is 12.1 Å². The van der Waals surface area contributed by atoms with Gasteiger partial charge in [-0.1, -0.05) is 6.92 Å². The molecule has 0 saturated carbocycles. The van der Waals surface area contributed by atoms with Crippen LogP contribution in [0.5, 0.6) is 17.2 Å². The van der Waals surface area contributed by atoms with Gasteiger partial charge in [-0.25, -0.2) is 0 Å². The molecule has 2 amide bonds. The topological polar surface area (TPSA) is 77.1 Å². The molecule has 1 fully saturated rings. The molecule has 144 valence electrons. The number of benzene rings is 1. The van der Waals surface area contributed by atoms with Crippen LogP contribution >= 0.6 is 0 Å². The number of nitrogens with one attached hydrogen (secondary N) is 1. The van der Waals surface area contributed by atoms with Crippen molar-refractivity contribution in [1.82, 2.24) is 10.2 Å². The second-order valence-electron chi connectivity index (χ2n) is 6.30. The number of likely N-dealkylation sites (tertiary alicyclic amines) is 1. The quantitative estimate of drug-likeness (QED) is 0.803. The molecule has 2 rings (SSSR count). The summed E-state index contributed by atoms with van der Waals surface area (Å²) in [5, 5.41) is 3.04. The number of carbonyl (C=O) groups is 2. The van der Waals surface area contributed by atoms with Gasteiger partial charge >= 0.3 is 0 Å². The lowest BCUT2D eigenvalue weighted by atomic mass is 10.0. The molecule has 1 aliphatic heterocycles. The summed E-state index contributed by atoms with van der Waals surface area (Å²) < 4.78 is 15.9. The van der Waals surface area contributed by atoms with Gasteiger partial charge in [-0.05, 0) is 31.4 Å². The fraction of sp³-hybridized carbons (Fsp3) is 0.579. The zero-order chi connectivity index (χ0) is 19.1. The summed E-state index contributed by atoms with van der Waals surface area (Å²) in [6.45, 7) is 3.19. The van der Waals surface area contributed by atoms with Gasteiger partial charge in [-0.2, -0.15) is 0 Å². The lowest BCUT2D eigenvalue weighted by molar-refractivity contribution is -0.122. The number of piperidine rings is 1. The molecule has 1 aromatic rings. The van der Waals surface area contributed by atoms with Crippen LogP contribution in [0.3, 0.4) is 0 Å². The smallest absolute Gasteiger partial charge is 0.254 e. The van der Waals surface area contributed by atoms with Crippen LogP contribution < -0.4 is 19.5 Å². The van der Waals surface area contributed by atoms with Crippen molar-refractivity contribution in [1.29, 1.82) is 0 Å². The first-order valence-corrected chi connectivity index (χ1v) is 8.92. The molecule has 26 heavy (non-hydrogen) atoms. The fourth-order valence-corrected chi connectivity index (χ4v) is 3.14. The van der Waals surface area contributed by atoms with Gasteiger partial charge in [0.15, 0.2) is 11.5 Å². The third-order valence-electron chi connectivity index (χ3n) is 4.54. The highest BCUT2D eigenvalue weighted by molar-refractivity contribution is 5.95. The fourth-order valence-electron chi connectivity index (χ4n) is 3.14. The molecule has 0 unspecified atom stereocenters. The summed E-state index contributed by atoms with van der Waals surface area (Å²) in [7, 11) is 4.57. The molecule has 0 atom stereocenters. The molecule has 0 spiro atoms. The first kappa shape index (κ1) is 19.9. The molecule has 0 aromatic heterocycles. The van der Waals surface area contributed by atoms with E-state index in [2.05, 4.69) is 5.32 Å². The van der Waals surface area contributed by atoms with Gasteiger partial charge in [0.25, 0.3) is 5.91 Å². The highest BCUT2D eigenvalue weighted by atomic mass is 16.5. The van der Waals surface area contributed by atoms with Crippen molar-refractivity contribution < 1.29 is 23.8 Å². The third kappa shape index (κ3) is 4.59. The predicted octanol–water partition coefficient (Wildman–Crippen LogP) is 2.23. The predicted molar refractivity (Wildman–Crippen MR) is 98.1 cm³/mol. The number of methoxy groups -OCH3 is 3. The summed E-state index contributed by atoms with van der Waals surface area (Å²) in [6, 6.07) is 3.47. The minimum Gasteiger partial charge on any atom is -0.493 e. The Labute approximate surface area is 154 Å². The molecule has 7 nitrogen and oxygen atoms in total. The van der Waals surface area contributed by atoms with Crippen LogP contribution in [0.25, 0.3) is 0 Å². The van der Waals surface area contributed by atoms with Crippen molar-refractivity contribution in [2.24, 2.45) is 0 Å². The van der Waals surface area contributed by atoms with E-state index in [1.165, 1.54) is 21.3 Å². The van der Waals surface area contributed by atoms with Crippen molar-refractivity contribution in [3.8, 4) is 17.2 Å². The molecule has 1 saturated heterocycles. The maximum atomic E-state index is 12.9. The van der Waals surface area contributed by atoms with Crippen LogP contribution in [0, 0.1) is 0 Å². The average Bonchev–Trinajstić information content (AvgIpc) is 2.66. The Morgan fingerprint density at radius 1 is 1.08 bits per heavy atom. The Bertz CT molecular complexity index is 614. The van der Waals surface area contributed by atoms with Crippen LogP contribution in [-0.4, -0.2) is 57.2 Å². The number of carbonyl (C=O) groups excluding carboxylic acids is 2. The monoisotopic (exact) mass is 364 g/mol. The molecule has 0 radical (unpaired) electrons. The van der Waals surface area contributed by atoms with Gasteiger partial charge in [0.1, 0.15) is 0 Å². The summed E-state index contributed by atoms with van der Waals surface area (Å²) in [4.78, 5) is 26.4. The van der Waals surface area contributed by atoms with Gasteiger partial charge in [-0.3, -0.25) is 9.59 Å². The van der Waals surface area contributed by atoms with Crippen molar-refractivity contribution in [3.05, 3.63) is 17.7 Å². The lowest BCUT2D eigenvalue weighted by Crippen LogP contribution is -2.46. The SMILES string of the molecule is CCCC(=O)NC1CCN(C(=O)c2cc(OC)c(OC)c(OC)c2)CC1. The summed E-state index contributed by atoms with van der Waals surface area (Å²) in [6.07, 6.45) is 2.89. The molecule has 1 aliphatic rings. The third-order valence-corrected chi connectivity index (χ3v) is 4.54. The van der Waals surface area contributed by atoms with Crippen molar-refractivity contribution >= 4 is 11.8 Å². The van der Waals surface area contributed by atoms with Crippen LogP contribution in [0.1, 0.15) is 43.0 Å². The maximum Gasteiger partial charge on any atom is 0.254 e. The molecule has 7 heteroatoms. The average molecular weight is 364 g/mol. The van der Waals surface area contributed by atoms with Gasteiger partial charge in [0.05, 0.1) is 21.3 Å². The Hall–Kier alpha value is -2.44. The van der Waals surface area contributed by atoms with Crippen molar-refractivity contribution in [2.75, 3.05) is 34.4 Å². The van der Waals surface area contributed by atoms with E-state index in [1.54, 1.807) is 17.0 Å². The van der Waals surface area contributed by atoms with E-state index < -0.39 is 0 Å². The molecular weight excluding hydrogens is 336 g/mol. The number of hydrogen-bond donors (Lipinski definition) is 1. The molecular formula is C19H28N2O5. The molecule has 0 aliphatic carbocycles. The first-order chi connectivity index (χ1) is 12.5. The Morgan fingerprint density at radius 3 is 2.12 bits per heavy atom. The normalized spacial score (nSPS) is 14.7. The largest absolute Gasteiger partial charge is 0.493 e. The Balaban J connectivity index is 2.05. The van der Waals surface area contributed by atoms with Crippen LogP contribution in [-0.2, 0) is 4.79 Å². The summed E-state index contributed by atoms with van der Waals surface area (Å²) in [5.41, 5.74) is 0.493. The summed E-state index contributed by atoms with van der Waals surface area (Å²) >= 11 is 0. The second-order valence-corrected chi connectivity index (χ2v) is 6.30. The lowest BCUT2D eigenvalue weighted by Gasteiger charge is -2.32. The highest BCUT2D eigenvalue weighted by Gasteiger charge is 2.26. The van der Waals surface area contributed by atoms with Crippen molar-refractivity contribution in [2.45, 2.75) is 38.6 Å². The van der Waals surface area contributed by atoms with E-state index in [4.69, 9.17) is 14.2 Å². The van der Waals surface area contributed by atoms with E-state index in [-0.39, 0.29) is 17.9 Å². The zero-order valence-corrected chi connectivity index (χ0v) is 16.0. The molecule has 1 aromatic carbocycles. The number of nitrogens with zero attached hydrogens (tertiary/aromatic N) is 1. The van der Waals surface area contributed by atoms with Gasteiger partial charge in [-0.15, -0.1) is 0 Å². The van der Waals surface area contributed by atoms with E-state index in [0.717, 1.165) is 19.3 Å². The Kier molecular flexibility index (Phi) is 7.12. The summed E-state index contributed by atoms with van der Waals surface area (Å²) in [5.74, 6) is 1.38. The molecule has 1 heterocycles. The van der Waals surface area contributed by atoms with Gasteiger partial charge < -0.3 is 24.4 Å². The van der Waals surface area contributed by atoms with E-state index >= 15 is 0 Å². The molecule has 1 N–H and O–H groups in total. The second kappa shape index (κ2) is 9.31.